The molecule has 0 aliphatic heterocycles. The molecule has 0 radical (unpaired) electrons. The van der Waals surface area contributed by atoms with Gasteiger partial charge in [-0.25, -0.2) is 0 Å². The van der Waals surface area contributed by atoms with Crippen molar-refractivity contribution in [2.75, 3.05) is 5.88 Å². The molecule has 0 N–H and O–H groups in total. The average Bonchev–Trinajstić information content (AvgIpc) is 2.42. The van der Waals surface area contributed by atoms with E-state index >= 15 is 0 Å². The fourth-order valence-corrected chi connectivity index (χ4v) is 2.47. The quantitative estimate of drug-likeness (QED) is 0.528. The van der Waals surface area contributed by atoms with Crippen molar-refractivity contribution in [2.45, 2.75) is 12.5 Å². The highest BCUT2D eigenvalue weighted by molar-refractivity contribution is 14.1. The second kappa shape index (κ2) is 7.00. The first-order valence-corrected chi connectivity index (χ1v) is 7.44. The number of alkyl halides is 1. The number of benzene rings is 2. The molecule has 0 fully saturated rings. The van der Waals surface area contributed by atoms with E-state index in [-0.39, 0.29) is 6.10 Å². The predicted molar refractivity (Wildman–Crippen MR) is 84.3 cm³/mol. The van der Waals surface area contributed by atoms with Crippen molar-refractivity contribution in [1.29, 1.82) is 0 Å². The van der Waals surface area contributed by atoms with Crippen molar-refractivity contribution in [2.24, 2.45) is 0 Å². The van der Waals surface area contributed by atoms with E-state index in [2.05, 4.69) is 34.7 Å². The zero-order chi connectivity index (χ0) is 12.8. The molecule has 2 rings (SSSR count). The second-order valence-corrected chi connectivity index (χ2v) is 5.47. The van der Waals surface area contributed by atoms with E-state index in [1.807, 2.05) is 42.5 Å². The molecule has 1 atom stereocenters. The SMILES string of the molecule is ClCC[C@@H](Oc1ccccc1I)c1ccccc1. The molecule has 0 saturated carbocycles. The Hall–Kier alpha value is -0.740. The van der Waals surface area contributed by atoms with Gasteiger partial charge in [0.05, 0.1) is 3.57 Å². The summed E-state index contributed by atoms with van der Waals surface area (Å²) in [5.74, 6) is 1.50. The monoisotopic (exact) mass is 372 g/mol. The smallest absolute Gasteiger partial charge is 0.133 e. The van der Waals surface area contributed by atoms with Gasteiger partial charge in [0.2, 0.25) is 0 Å². The van der Waals surface area contributed by atoms with Crippen molar-refractivity contribution in [3.63, 3.8) is 0 Å². The van der Waals surface area contributed by atoms with Crippen LogP contribution in [0, 0.1) is 3.57 Å². The molecule has 2 aromatic carbocycles. The number of rotatable bonds is 5. The number of halogens is 2. The van der Waals surface area contributed by atoms with E-state index in [1.54, 1.807) is 0 Å². The van der Waals surface area contributed by atoms with E-state index in [1.165, 1.54) is 0 Å². The summed E-state index contributed by atoms with van der Waals surface area (Å²) < 4.78 is 7.20. The molecule has 2 aromatic rings. The lowest BCUT2D eigenvalue weighted by Crippen LogP contribution is -2.09. The van der Waals surface area contributed by atoms with Crippen LogP contribution in [0.25, 0.3) is 0 Å². The molecule has 0 unspecified atom stereocenters. The Labute approximate surface area is 126 Å². The Morgan fingerprint density at radius 3 is 2.33 bits per heavy atom. The highest BCUT2D eigenvalue weighted by Crippen LogP contribution is 2.28. The standard InChI is InChI=1S/C15H14ClIO/c16-11-10-14(12-6-2-1-3-7-12)18-15-9-5-4-8-13(15)17/h1-9,14H,10-11H2/t14-/m1/s1. The molecule has 0 heterocycles. The summed E-state index contributed by atoms with van der Waals surface area (Å²) in [7, 11) is 0. The summed E-state index contributed by atoms with van der Waals surface area (Å²) >= 11 is 8.15. The Bertz CT molecular complexity index is 487. The summed E-state index contributed by atoms with van der Waals surface area (Å²) in [5, 5.41) is 0. The maximum atomic E-state index is 6.08. The molecule has 0 saturated heterocycles. The third kappa shape index (κ3) is 3.62. The van der Waals surface area contributed by atoms with Crippen molar-refractivity contribution in [3.05, 3.63) is 63.7 Å². The van der Waals surface area contributed by atoms with Gasteiger partial charge in [0.25, 0.3) is 0 Å². The summed E-state index contributed by atoms with van der Waals surface area (Å²) in [5.41, 5.74) is 1.16. The van der Waals surface area contributed by atoms with Gasteiger partial charge >= 0.3 is 0 Å². The van der Waals surface area contributed by atoms with Crippen molar-refractivity contribution < 1.29 is 4.74 Å². The van der Waals surface area contributed by atoms with Gasteiger partial charge in [-0.3, -0.25) is 0 Å². The predicted octanol–water partition coefficient (Wildman–Crippen LogP) is 5.04. The minimum atomic E-state index is 0.0135. The Morgan fingerprint density at radius 1 is 1.00 bits per heavy atom. The molecule has 0 aliphatic carbocycles. The van der Waals surface area contributed by atoms with Gasteiger partial charge in [-0.2, -0.15) is 0 Å². The maximum absolute atomic E-state index is 6.08. The van der Waals surface area contributed by atoms with E-state index in [4.69, 9.17) is 16.3 Å². The topological polar surface area (TPSA) is 9.23 Å². The summed E-state index contributed by atoms with van der Waals surface area (Å²) in [6, 6.07) is 18.2. The van der Waals surface area contributed by atoms with Crippen LogP contribution in [0.4, 0.5) is 0 Å². The van der Waals surface area contributed by atoms with E-state index in [0.717, 1.165) is 21.3 Å². The van der Waals surface area contributed by atoms with Gasteiger partial charge in [-0.05, 0) is 40.3 Å². The fraction of sp³-hybridized carbons (Fsp3) is 0.200. The van der Waals surface area contributed by atoms with Crippen LogP contribution in [0.15, 0.2) is 54.6 Å². The largest absolute Gasteiger partial charge is 0.485 e. The van der Waals surface area contributed by atoms with Gasteiger partial charge in [0.15, 0.2) is 0 Å². The number of ether oxygens (including phenoxy) is 1. The van der Waals surface area contributed by atoms with Crippen molar-refractivity contribution in [3.8, 4) is 5.75 Å². The minimum Gasteiger partial charge on any atom is -0.485 e. The normalized spacial score (nSPS) is 12.1. The van der Waals surface area contributed by atoms with Crippen LogP contribution in [0.2, 0.25) is 0 Å². The highest BCUT2D eigenvalue weighted by Gasteiger charge is 2.13. The van der Waals surface area contributed by atoms with Gasteiger partial charge in [0, 0.05) is 12.3 Å². The minimum absolute atomic E-state index is 0.0135. The van der Waals surface area contributed by atoms with Crippen molar-refractivity contribution in [1.82, 2.24) is 0 Å². The van der Waals surface area contributed by atoms with Crippen LogP contribution in [-0.2, 0) is 0 Å². The molecule has 18 heavy (non-hydrogen) atoms. The lowest BCUT2D eigenvalue weighted by molar-refractivity contribution is 0.201. The zero-order valence-corrected chi connectivity index (χ0v) is 12.8. The Morgan fingerprint density at radius 2 is 1.67 bits per heavy atom. The molecule has 94 valence electrons. The Balaban J connectivity index is 2.19. The molecule has 0 spiro atoms. The Kier molecular flexibility index (Phi) is 5.32. The number of hydrogen-bond donors (Lipinski definition) is 0. The van der Waals surface area contributed by atoms with Crippen LogP contribution in [-0.4, -0.2) is 5.88 Å². The van der Waals surface area contributed by atoms with Crippen LogP contribution < -0.4 is 4.74 Å². The molecule has 0 aromatic heterocycles. The summed E-state index contributed by atoms with van der Waals surface area (Å²) in [4.78, 5) is 0. The molecule has 1 nitrogen and oxygen atoms in total. The van der Waals surface area contributed by atoms with E-state index < -0.39 is 0 Å². The first-order valence-electron chi connectivity index (χ1n) is 5.83. The lowest BCUT2D eigenvalue weighted by atomic mass is 10.1. The summed E-state index contributed by atoms with van der Waals surface area (Å²) in [6.07, 6.45) is 0.816. The van der Waals surface area contributed by atoms with Gasteiger partial charge in [-0.15, -0.1) is 11.6 Å². The van der Waals surface area contributed by atoms with Gasteiger partial charge < -0.3 is 4.74 Å². The van der Waals surface area contributed by atoms with Crippen molar-refractivity contribution >= 4 is 34.2 Å². The first kappa shape index (κ1) is 13.7. The third-order valence-corrected chi connectivity index (χ3v) is 3.76. The third-order valence-electron chi connectivity index (χ3n) is 2.65. The molecule has 0 aliphatic rings. The lowest BCUT2D eigenvalue weighted by Gasteiger charge is -2.19. The van der Waals surface area contributed by atoms with Crippen LogP contribution >= 0.6 is 34.2 Å². The van der Waals surface area contributed by atoms with Crippen LogP contribution in [0.5, 0.6) is 5.75 Å². The fourth-order valence-electron chi connectivity index (χ4n) is 1.75. The molecular formula is C15H14ClIO. The maximum Gasteiger partial charge on any atom is 0.133 e. The molecule has 0 amide bonds. The van der Waals surface area contributed by atoms with E-state index in [9.17, 15) is 0 Å². The van der Waals surface area contributed by atoms with Gasteiger partial charge in [-0.1, -0.05) is 42.5 Å². The number of hydrogen-bond acceptors (Lipinski definition) is 1. The molecule has 0 bridgehead atoms. The second-order valence-electron chi connectivity index (χ2n) is 3.93. The summed E-state index contributed by atoms with van der Waals surface area (Å²) in [6.45, 7) is 0. The van der Waals surface area contributed by atoms with Crippen LogP contribution in [0.1, 0.15) is 18.1 Å². The molecular weight excluding hydrogens is 359 g/mol. The number of para-hydroxylation sites is 1. The van der Waals surface area contributed by atoms with Gasteiger partial charge in [0.1, 0.15) is 11.9 Å². The molecule has 3 heteroatoms. The van der Waals surface area contributed by atoms with E-state index in [0.29, 0.717) is 5.88 Å². The first-order chi connectivity index (χ1) is 8.81. The zero-order valence-electron chi connectivity index (χ0n) is 9.85. The van der Waals surface area contributed by atoms with Crippen LogP contribution in [0.3, 0.4) is 0 Å². The highest BCUT2D eigenvalue weighted by atomic mass is 127. The average molecular weight is 373 g/mol.